The Morgan fingerprint density at radius 1 is 1.19 bits per heavy atom. The number of hydrogen-bond donors (Lipinski definition) is 1. The smallest absolute Gasteiger partial charge is 0.249 e. The molecule has 0 radical (unpaired) electrons. The fourth-order valence-corrected chi connectivity index (χ4v) is 5.47. The number of carboxylic acids is 2. The van der Waals surface area contributed by atoms with Crippen LogP contribution in [-0.2, 0) is 30.0 Å². The van der Waals surface area contributed by atoms with E-state index >= 15 is 0 Å². The predicted molar refractivity (Wildman–Crippen MR) is 87.8 cm³/mol. The molecule has 2 saturated heterocycles. The van der Waals surface area contributed by atoms with Crippen molar-refractivity contribution in [2.45, 2.75) is 42.0 Å². The molecule has 2 fully saturated rings. The lowest BCUT2D eigenvalue weighted by Gasteiger charge is -2.44. The second-order valence-electron chi connectivity index (χ2n) is 6.91. The molecule has 1 N–H and O–H groups in total. The molecule has 144 valence electrons. The van der Waals surface area contributed by atoms with Crippen LogP contribution < -0.4 is 15.5 Å². The minimum atomic E-state index is -1.80. The maximum absolute atomic E-state index is 12.7. The van der Waals surface area contributed by atoms with Crippen LogP contribution in [0.15, 0.2) is 30.3 Å². The van der Waals surface area contributed by atoms with Crippen molar-refractivity contribution in [1.82, 2.24) is 10.2 Å². The Kier molecular flexibility index (Phi) is 4.54. The highest BCUT2D eigenvalue weighted by molar-refractivity contribution is 7.87. The number of nitrogens with one attached hydrogen (secondary N) is 1. The van der Waals surface area contributed by atoms with Crippen molar-refractivity contribution in [3.63, 3.8) is 0 Å². The molecule has 2 aliphatic rings. The zero-order chi connectivity index (χ0) is 20.1. The molecule has 1 aromatic carbocycles. The van der Waals surface area contributed by atoms with E-state index in [0.29, 0.717) is 0 Å². The first-order valence-corrected chi connectivity index (χ1v) is 9.30. The van der Waals surface area contributed by atoms with E-state index < -0.39 is 62.7 Å². The summed E-state index contributed by atoms with van der Waals surface area (Å²) in [5, 5.41) is 24.1. The molecule has 2 heterocycles. The van der Waals surface area contributed by atoms with Crippen molar-refractivity contribution >= 4 is 34.6 Å². The zero-order valence-corrected chi connectivity index (χ0v) is 15.2. The number of amides is 2. The molecular formula is C17H16N2O7S-2. The summed E-state index contributed by atoms with van der Waals surface area (Å²) in [6.45, 7) is 2.87. The molecule has 0 aliphatic carbocycles. The van der Waals surface area contributed by atoms with Gasteiger partial charge in [0.25, 0.3) is 0 Å². The lowest BCUT2D eigenvalue weighted by molar-refractivity contribution is -0.312. The first kappa shape index (κ1) is 19.0. The lowest BCUT2D eigenvalue weighted by Crippen LogP contribution is -2.72. The Labute approximate surface area is 156 Å². The standard InChI is InChI=1S/C17H18N2O7S/c1-17(2)11(16(24)25)19-13(21)10(14(19)27(17)26)18-12(20)9(15(22)23)8-6-4-3-5-7-8/h3-7,9-11,14H,1-2H3,(H,18,20)(H,22,23)(H,24,25)/p-2/t9-,10-,11-,14+,27-/m1/s1. The Balaban J connectivity index is 1.84. The topological polar surface area (TPSA) is 147 Å². The highest BCUT2D eigenvalue weighted by Gasteiger charge is 2.66. The number of nitrogens with zero attached hydrogens (tertiary/aromatic N) is 1. The van der Waals surface area contributed by atoms with Crippen LogP contribution in [0.5, 0.6) is 0 Å². The van der Waals surface area contributed by atoms with Gasteiger partial charge in [0, 0.05) is 0 Å². The number of aliphatic carboxylic acids is 2. The average Bonchev–Trinajstić information content (AvgIpc) is 2.78. The van der Waals surface area contributed by atoms with Crippen molar-refractivity contribution in [3.05, 3.63) is 35.9 Å². The van der Waals surface area contributed by atoms with Crippen LogP contribution in [0.1, 0.15) is 25.3 Å². The summed E-state index contributed by atoms with van der Waals surface area (Å²) >= 11 is 0. The molecule has 0 unspecified atom stereocenters. The van der Waals surface area contributed by atoms with Crippen LogP contribution in [0.25, 0.3) is 0 Å². The van der Waals surface area contributed by atoms with Crippen LogP contribution in [0.3, 0.4) is 0 Å². The Hall–Kier alpha value is -2.75. The number of benzene rings is 1. The van der Waals surface area contributed by atoms with E-state index in [2.05, 4.69) is 5.32 Å². The van der Waals surface area contributed by atoms with E-state index in [-0.39, 0.29) is 5.56 Å². The summed E-state index contributed by atoms with van der Waals surface area (Å²) in [4.78, 5) is 48.6. The van der Waals surface area contributed by atoms with Crippen molar-refractivity contribution in [3.8, 4) is 0 Å². The van der Waals surface area contributed by atoms with Crippen molar-refractivity contribution in [2.75, 3.05) is 0 Å². The molecule has 3 rings (SSSR count). The molecule has 1 aromatic rings. The normalized spacial score (nSPS) is 29.4. The van der Waals surface area contributed by atoms with Crippen LogP contribution in [0.4, 0.5) is 0 Å². The molecule has 10 heteroatoms. The van der Waals surface area contributed by atoms with Crippen LogP contribution in [0, 0.1) is 0 Å². The number of carboxylic acid groups (broad SMARTS) is 2. The van der Waals surface area contributed by atoms with Gasteiger partial charge in [-0.2, -0.15) is 0 Å². The van der Waals surface area contributed by atoms with Crippen molar-refractivity contribution in [2.24, 2.45) is 0 Å². The largest absolute Gasteiger partial charge is 0.549 e. The first-order chi connectivity index (χ1) is 12.6. The maximum atomic E-state index is 12.7. The fourth-order valence-electron chi connectivity index (χ4n) is 3.55. The SMILES string of the molecule is CC1(C)[C@@H](C(=O)[O-])N2C(=O)[C@@H](NC(=O)[C@H](C(=O)[O-])c3ccccc3)[C@@H]2[S@]1=O. The molecule has 0 bridgehead atoms. The third kappa shape index (κ3) is 2.80. The van der Waals surface area contributed by atoms with Gasteiger partial charge in [-0.3, -0.25) is 13.8 Å². The highest BCUT2D eigenvalue weighted by Crippen LogP contribution is 2.43. The van der Waals surface area contributed by atoms with Crippen LogP contribution in [-0.4, -0.2) is 55.1 Å². The molecule has 9 nitrogen and oxygen atoms in total. The van der Waals surface area contributed by atoms with E-state index in [0.717, 1.165) is 4.90 Å². The molecule has 0 saturated carbocycles. The fraction of sp³-hybridized carbons (Fsp3) is 0.412. The molecule has 2 aliphatic heterocycles. The molecule has 5 atom stereocenters. The summed E-state index contributed by atoms with van der Waals surface area (Å²) in [5.41, 5.74) is 0.166. The number of carbonyl (C=O) groups is 4. The summed E-state index contributed by atoms with van der Waals surface area (Å²) in [6.07, 6.45) is 0. The summed E-state index contributed by atoms with van der Waals surface area (Å²) in [6, 6.07) is 4.94. The van der Waals surface area contributed by atoms with Gasteiger partial charge in [0.15, 0.2) is 0 Å². The molecule has 27 heavy (non-hydrogen) atoms. The molecular weight excluding hydrogens is 376 g/mol. The quantitative estimate of drug-likeness (QED) is 0.411. The van der Waals surface area contributed by atoms with Gasteiger partial charge in [0.2, 0.25) is 11.8 Å². The molecule has 0 spiro atoms. The minimum absolute atomic E-state index is 0.166. The van der Waals surface area contributed by atoms with E-state index in [1.165, 1.54) is 26.0 Å². The number of rotatable bonds is 5. The first-order valence-electron chi connectivity index (χ1n) is 8.09. The third-order valence-corrected chi connectivity index (χ3v) is 7.10. The van der Waals surface area contributed by atoms with Gasteiger partial charge in [-0.05, 0) is 19.4 Å². The predicted octanol–water partition coefficient (Wildman–Crippen LogP) is -3.17. The van der Waals surface area contributed by atoms with Gasteiger partial charge in [0.05, 0.1) is 33.5 Å². The van der Waals surface area contributed by atoms with Gasteiger partial charge < -0.3 is 30.0 Å². The second kappa shape index (κ2) is 6.45. The van der Waals surface area contributed by atoms with Gasteiger partial charge >= 0.3 is 0 Å². The molecule has 2 amide bonds. The summed E-state index contributed by atoms with van der Waals surface area (Å²) < 4.78 is 11.4. The second-order valence-corrected chi connectivity index (χ2v) is 9.04. The Morgan fingerprint density at radius 3 is 2.30 bits per heavy atom. The van der Waals surface area contributed by atoms with Crippen LogP contribution >= 0.6 is 0 Å². The van der Waals surface area contributed by atoms with E-state index in [4.69, 9.17) is 0 Å². The van der Waals surface area contributed by atoms with Gasteiger partial charge in [0.1, 0.15) is 17.3 Å². The number of hydrogen-bond acceptors (Lipinski definition) is 7. The Bertz CT molecular complexity index is 854. The highest BCUT2D eigenvalue weighted by atomic mass is 32.2. The molecule has 0 aromatic heterocycles. The van der Waals surface area contributed by atoms with Crippen molar-refractivity contribution in [1.29, 1.82) is 0 Å². The number of β-lactam (4-membered cyclic amide) rings is 1. The minimum Gasteiger partial charge on any atom is -0.549 e. The lowest BCUT2D eigenvalue weighted by atomic mass is 9.94. The van der Waals surface area contributed by atoms with Gasteiger partial charge in [-0.1, -0.05) is 30.3 Å². The maximum Gasteiger partial charge on any atom is 0.249 e. The van der Waals surface area contributed by atoms with E-state index in [9.17, 15) is 33.6 Å². The van der Waals surface area contributed by atoms with Gasteiger partial charge in [-0.25, -0.2) is 0 Å². The summed E-state index contributed by atoms with van der Waals surface area (Å²) in [5.74, 6) is -6.58. The Morgan fingerprint density at radius 2 is 1.78 bits per heavy atom. The van der Waals surface area contributed by atoms with E-state index in [1.807, 2.05) is 0 Å². The zero-order valence-electron chi connectivity index (χ0n) is 14.4. The average molecular weight is 392 g/mol. The number of fused-ring (bicyclic) bond motifs is 1. The number of carbonyl (C=O) groups excluding carboxylic acids is 4. The van der Waals surface area contributed by atoms with E-state index in [1.54, 1.807) is 18.2 Å². The van der Waals surface area contributed by atoms with Crippen LogP contribution in [0.2, 0.25) is 0 Å². The van der Waals surface area contributed by atoms with Crippen molar-refractivity contribution < 1.29 is 33.6 Å². The van der Waals surface area contributed by atoms with Gasteiger partial charge in [-0.15, -0.1) is 0 Å². The third-order valence-electron chi connectivity index (χ3n) is 4.91. The monoisotopic (exact) mass is 392 g/mol. The summed E-state index contributed by atoms with van der Waals surface area (Å²) in [7, 11) is -1.80.